The topological polar surface area (TPSA) is 309 Å². The minimum Gasteiger partial charge on any atom is -0.479 e. The number of esters is 3. The molecule has 0 aliphatic heterocycles. The summed E-state index contributed by atoms with van der Waals surface area (Å²) < 4.78 is 14.7. The Morgan fingerprint density at radius 1 is 0.437 bits per heavy atom. The highest BCUT2D eigenvalue weighted by Crippen LogP contribution is 2.26. The van der Waals surface area contributed by atoms with Gasteiger partial charge in [-0.25, -0.2) is 14.4 Å². The zero-order chi connectivity index (χ0) is 54.4. The van der Waals surface area contributed by atoms with Crippen LogP contribution in [0.5, 0.6) is 0 Å². The molecule has 0 radical (unpaired) electrons. The van der Waals surface area contributed by atoms with Crippen molar-refractivity contribution in [3.8, 4) is 0 Å². The summed E-state index contributed by atoms with van der Waals surface area (Å²) in [5, 5.41) is 72.0. The van der Waals surface area contributed by atoms with Gasteiger partial charge in [0.05, 0.1) is 13.2 Å². The number of Topliss-reactive ketones (excluding diaryl/α,β-unsaturated/α-hetero) is 2. The zero-order valence-electron chi connectivity index (χ0n) is 44.3. The number of carbonyl (C=O) groups excluding carboxylic acids is 5. The monoisotopic (exact) mass is 1020 g/mol. The van der Waals surface area contributed by atoms with Crippen LogP contribution in [-0.4, -0.2) is 138 Å². The fourth-order valence-electron chi connectivity index (χ4n) is 7.36. The van der Waals surface area contributed by atoms with Crippen LogP contribution < -0.4 is 0 Å². The van der Waals surface area contributed by atoms with Gasteiger partial charge in [0.15, 0.2) is 17.7 Å². The van der Waals surface area contributed by atoms with E-state index in [1.165, 1.54) is 167 Å². The number of ketones is 2. The van der Waals surface area contributed by atoms with Gasteiger partial charge in [0.25, 0.3) is 11.2 Å². The van der Waals surface area contributed by atoms with Crippen molar-refractivity contribution in [2.75, 3.05) is 26.4 Å². The number of hydrogen-bond acceptors (Lipinski definition) is 16. The Morgan fingerprint density at radius 2 is 0.704 bits per heavy atom. The second-order valence-corrected chi connectivity index (χ2v) is 18.7. The summed E-state index contributed by atoms with van der Waals surface area (Å²) in [4.78, 5) is 77.6. The van der Waals surface area contributed by atoms with Gasteiger partial charge in [0.1, 0.15) is 25.4 Å². The Bertz CT molecular complexity index is 1320. The Morgan fingerprint density at radius 3 is 0.930 bits per heavy atom. The van der Waals surface area contributed by atoms with Crippen LogP contribution in [0.4, 0.5) is 0 Å². The molecule has 418 valence electrons. The molecule has 0 aliphatic rings. The standard InChI is InChI=1S/C24H46O6.C21H42O4.C8H10O8/c1-3-4-5-6-7-8-9-10-11-12-13-14-15-16-17-18-23(27)29-20-22(19-25)30-24(28)21(2)26;1-2-3-4-5-6-7-8-9-10-11-12-13-14-15-16-17-21(24)25-19-20(23)18-22;1-3(9)7(15,5(11)12)8(16,4(2)10)6(13)14/h21-22,25-26H,3-20H2,1-2H3;20,22-23H,2-19H2,1H3;15-16H,1-2H3,(H,11,12)(H,13,14). The first-order valence-electron chi connectivity index (χ1n) is 26.8. The zero-order valence-corrected chi connectivity index (χ0v) is 44.3. The van der Waals surface area contributed by atoms with Gasteiger partial charge in [-0.15, -0.1) is 0 Å². The van der Waals surface area contributed by atoms with Gasteiger partial charge in [-0.05, 0) is 33.6 Å². The van der Waals surface area contributed by atoms with Gasteiger partial charge in [-0.1, -0.05) is 194 Å². The number of aliphatic hydroxyl groups excluding tert-OH is 4. The smallest absolute Gasteiger partial charge is 0.347 e. The summed E-state index contributed by atoms with van der Waals surface area (Å²) in [7, 11) is 0. The largest absolute Gasteiger partial charge is 0.479 e. The molecule has 0 rings (SSSR count). The molecule has 0 bridgehead atoms. The number of carboxylic acids is 2. The SMILES string of the molecule is CC(=O)C(O)(C(=O)O)C(O)(C(C)=O)C(=O)O.CCCCCCCCCCCCCCCCCC(=O)OCC(CO)OC(=O)C(C)O.CCCCCCCCCCCCCCCCCC(=O)OCC(O)CO. The van der Waals surface area contributed by atoms with E-state index in [0.717, 1.165) is 32.1 Å². The van der Waals surface area contributed by atoms with Crippen molar-refractivity contribution in [3.05, 3.63) is 0 Å². The average molecular weight is 1020 g/mol. The molecule has 0 aromatic heterocycles. The highest BCUT2D eigenvalue weighted by Gasteiger charge is 2.67. The van der Waals surface area contributed by atoms with E-state index in [0.29, 0.717) is 26.7 Å². The van der Waals surface area contributed by atoms with Crippen LogP contribution in [-0.2, 0) is 47.8 Å². The summed E-state index contributed by atoms with van der Waals surface area (Å²) in [6.07, 6.45) is 36.3. The minimum atomic E-state index is -3.72. The van der Waals surface area contributed by atoms with Crippen LogP contribution >= 0.6 is 0 Å². The van der Waals surface area contributed by atoms with Crippen LogP contribution in [0.15, 0.2) is 0 Å². The number of ether oxygens (including phenoxy) is 3. The van der Waals surface area contributed by atoms with Crippen molar-refractivity contribution < 1.29 is 88.6 Å². The maximum atomic E-state index is 11.7. The fraction of sp³-hybridized carbons (Fsp3) is 0.868. The van der Waals surface area contributed by atoms with Gasteiger partial charge in [0.2, 0.25) is 0 Å². The molecule has 0 spiro atoms. The molecular weight excluding hydrogens is 925 g/mol. The molecular formula is C53H98O18. The first-order chi connectivity index (χ1) is 33.7. The van der Waals surface area contributed by atoms with Crippen LogP contribution in [0.25, 0.3) is 0 Å². The molecule has 18 nitrogen and oxygen atoms in total. The normalized spacial score (nSPS) is 13.9. The molecule has 5 atom stereocenters. The quantitative estimate of drug-likeness (QED) is 0.0124. The number of hydrogen-bond donors (Lipinski definition) is 8. The Balaban J connectivity index is -0.00000102. The number of unbranched alkanes of at least 4 members (excludes halogenated alkanes) is 28. The predicted octanol–water partition coefficient (Wildman–Crippen LogP) is 8.02. The first-order valence-corrected chi connectivity index (χ1v) is 26.8. The average Bonchev–Trinajstić information content (AvgIpc) is 3.33. The summed E-state index contributed by atoms with van der Waals surface area (Å²) >= 11 is 0. The van der Waals surface area contributed by atoms with Gasteiger partial charge in [0, 0.05) is 12.8 Å². The number of aliphatic carboxylic acids is 2. The van der Waals surface area contributed by atoms with E-state index in [1.54, 1.807) is 0 Å². The molecule has 0 fully saturated rings. The number of rotatable bonds is 45. The van der Waals surface area contributed by atoms with Crippen LogP contribution in [0.2, 0.25) is 0 Å². The Hall–Kier alpha value is -3.55. The predicted molar refractivity (Wildman–Crippen MR) is 269 cm³/mol. The van der Waals surface area contributed by atoms with Crippen molar-refractivity contribution in [3.63, 3.8) is 0 Å². The van der Waals surface area contributed by atoms with E-state index in [4.69, 9.17) is 44.8 Å². The van der Waals surface area contributed by atoms with Crippen LogP contribution in [0.3, 0.4) is 0 Å². The highest BCUT2D eigenvalue weighted by atomic mass is 16.6. The third kappa shape index (κ3) is 37.8. The molecule has 18 heteroatoms. The summed E-state index contributed by atoms with van der Waals surface area (Å²) in [6, 6.07) is 0. The molecule has 5 unspecified atom stereocenters. The maximum Gasteiger partial charge on any atom is 0.347 e. The van der Waals surface area contributed by atoms with Gasteiger partial charge >= 0.3 is 29.8 Å². The Labute approximate surface area is 425 Å². The summed E-state index contributed by atoms with van der Waals surface area (Å²) in [5.74, 6) is -9.24. The van der Waals surface area contributed by atoms with Gasteiger partial charge in [-0.3, -0.25) is 19.2 Å². The van der Waals surface area contributed by atoms with E-state index >= 15 is 0 Å². The third-order valence-electron chi connectivity index (χ3n) is 12.0. The minimum absolute atomic E-state index is 0.103. The number of carbonyl (C=O) groups is 7. The van der Waals surface area contributed by atoms with Gasteiger partial charge in [-0.2, -0.15) is 0 Å². The molecule has 71 heavy (non-hydrogen) atoms. The molecule has 0 saturated heterocycles. The van der Waals surface area contributed by atoms with E-state index in [2.05, 4.69) is 13.8 Å². The van der Waals surface area contributed by atoms with E-state index < -0.39 is 65.6 Å². The lowest BCUT2D eigenvalue weighted by Gasteiger charge is -2.32. The summed E-state index contributed by atoms with van der Waals surface area (Å²) in [6.45, 7) is 5.78. The molecule has 0 saturated carbocycles. The third-order valence-corrected chi connectivity index (χ3v) is 12.0. The summed E-state index contributed by atoms with van der Waals surface area (Å²) in [5.41, 5.74) is -7.44. The van der Waals surface area contributed by atoms with Crippen molar-refractivity contribution >= 4 is 41.4 Å². The molecule has 0 aromatic carbocycles. The van der Waals surface area contributed by atoms with Gasteiger partial charge < -0.3 is 55.1 Å². The Kier molecular flexibility index (Phi) is 47.9. The second-order valence-electron chi connectivity index (χ2n) is 18.7. The fourth-order valence-corrected chi connectivity index (χ4v) is 7.36. The molecule has 0 amide bonds. The first kappa shape index (κ1) is 71.7. The number of carboxylic acid groups (broad SMARTS) is 2. The molecule has 0 heterocycles. The molecule has 8 N–H and O–H groups in total. The van der Waals surface area contributed by atoms with Crippen LogP contribution in [0.1, 0.15) is 240 Å². The lowest BCUT2D eigenvalue weighted by Crippen LogP contribution is -2.70. The van der Waals surface area contributed by atoms with E-state index in [-0.39, 0.29) is 31.8 Å². The van der Waals surface area contributed by atoms with E-state index in [9.17, 15) is 43.8 Å². The molecule has 0 aliphatic carbocycles. The highest BCUT2D eigenvalue weighted by molar-refractivity contribution is 6.20. The van der Waals surface area contributed by atoms with Crippen molar-refractivity contribution in [2.24, 2.45) is 0 Å². The number of aliphatic hydroxyl groups is 6. The second kappa shape index (κ2) is 47.5. The van der Waals surface area contributed by atoms with Crippen molar-refractivity contribution in [1.82, 2.24) is 0 Å². The lowest BCUT2D eigenvalue weighted by atomic mass is 9.77. The van der Waals surface area contributed by atoms with Crippen molar-refractivity contribution in [1.29, 1.82) is 0 Å². The van der Waals surface area contributed by atoms with E-state index in [1.807, 2.05) is 0 Å². The molecule has 0 aromatic rings. The van der Waals surface area contributed by atoms with Crippen LogP contribution in [0, 0.1) is 0 Å². The van der Waals surface area contributed by atoms with Crippen molar-refractivity contribution in [2.45, 2.75) is 270 Å². The maximum absolute atomic E-state index is 11.7. The lowest BCUT2D eigenvalue weighted by molar-refractivity contribution is -0.206.